The van der Waals surface area contributed by atoms with Crippen molar-refractivity contribution in [3.8, 4) is 0 Å². The van der Waals surface area contributed by atoms with Crippen molar-refractivity contribution in [1.29, 1.82) is 0 Å². The third kappa shape index (κ3) is 1.37. The predicted molar refractivity (Wildman–Crippen MR) is 56.1 cm³/mol. The molecule has 0 radical (unpaired) electrons. The first-order valence-electron chi connectivity index (χ1n) is 4.09. The van der Waals surface area contributed by atoms with Crippen LogP contribution in [-0.2, 0) is 9.59 Å². The normalized spacial score (nSPS) is 30.5. The van der Waals surface area contributed by atoms with E-state index in [-0.39, 0.29) is 11.3 Å². The van der Waals surface area contributed by atoms with Gasteiger partial charge < -0.3 is 10.0 Å². The van der Waals surface area contributed by atoms with Gasteiger partial charge in [-0.05, 0) is 11.0 Å². The van der Waals surface area contributed by atoms with Crippen molar-refractivity contribution in [2.45, 2.75) is 17.8 Å². The molecule has 1 unspecified atom stereocenters. The molecule has 0 aliphatic carbocycles. The van der Waals surface area contributed by atoms with Crippen LogP contribution in [0.2, 0.25) is 0 Å². The van der Waals surface area contributed by atoms with Crippen molar-refractivity contribution in [2.75, 3.05) is 5.33 Å². The fourth-order valence-electron chi connectivity index (χ4n) is 1.62. The molecule has 2 heterocycles. The van der Waals surface area contributed by atoms with Gasteiger partial charge in [-0.2, -0.15) is 0 Å². The van der Waals surface area contributed by atoms with Gasteiger partial charge in [-0.1, -0.05) is 15.9 Å². The van der Waals surface area contributed by atoms with E-state index in [9.17, 15) is 9.59 Å². The molecule has 4 nitrogen and oxygen atoms in total. The SMILES string of the molecule is O=C(O)C1C(CBr)=CS[C@H]2CC(=O)N12. The summed E-state index contributed by atoms with van der Waals surface area (Å²) in [6.07, 6.45) is 0.459. The fourth-order valence-corrected chi connectivity index (χ4v) is 3.45. The molecule has 0 bridgehead atoms. The summed E-state index contributed by atoms with van der Waals surface area (Å²) in [5.74, 6) is -1.02. The second-order valence-electron chi connectivity index (χ2n) is 3.16. The zero-order chi connectivity index (χ0) is 10.3. The average molecular weight is 278 g/mol. The van der Waals surface area contributed by atoms with Gasteiger partial charge in [0.1, 0.15) is 0 Å². The molecule has 1 N–H and O–H groups in total. The lowest BCUT2D eigenvalue weighted by molar-refractivity contribution is -0.155. The molecular formula is C8H8BrNO3S. The number of rotatable bonds is 2. The number of fused-ring (bicyclic) bond motifs is 1. The van der Waals surface area contributed by atoms with E-state index in [1.807, 2.05) is 5.41 Å². The number of hydrogen-bond acceptors (Lipinski definition) is 3. The van der Waals surface area contributed by atoms with Crippen molar-refractivity contribution in [1.82, 2.24) is 4.90 Å². The van der Waals surface area contributed by atoms with Gasteiger partial charge in [0.2, 0.25) is 5.91 Å². The van der Waals surface area contributed by atoms with Crippen LogP contribution in [0.1, 0.15) is 6.42 Å². The second-order valence-corrected chi connectivity index (χ2v) is 4.78. The van der Waals surface area contributed by atoms with E-state index in [1.165, 1.54) is 16.7 Å². The standard InChI is InChI=1S/C8H8BrNO3S/c9-2-4-3-14-6-1-5(11)10(6)7(4)8(12)13/h3,6-7H,1-2H2,(H,12,13)/t6-,7?/m0/s1. The smallest absolute Gasteiger partial charge is 0.330 e. The number of carboxylic acids is 1. The molecule has 1 fully saturated rings. The van der Waals surface area contributed by atoms with Crippen LogP contribution in [0.3, 0.4) is 0 Å². The molecule has 2 atom stereocenters. The van der Waals surface area contributed by atoms with Gasteiger partial charge in [-0.15, -0.1) is 11.8 Å². The Kier molecular flexibility index (Phi) is 2.57. The number of alkyl halides is 1. The van der Waals surface area contributed by atoms with Gasteiger partial charge in [0.05, 0.1) is 11.8 Å². The molecule has 0 spiro atoms. The summed E-state index contributed by atoms with van der Waals surface area (Å²) in [6, 6.07) is -0.762. The number of nitrogens with zero attached hydrogens (tertiary/aromatic N) is 1. The molecule has 14 heavy (non-hydrogen) atoms. The molecule has 6 heteroatoms. The van der Waals surface area contributed by atoms with E-state index in [4.69, 9.17) is 5.11 Å². The van der Waals surface area contributed by atoms with Crippen LogP contribution in [-0.4, -0.2) is 38.6 Å². The van der Waals surface area contributed by atoms with E-state index in [1.54, 1.807) is 0 Å². The molecule has 0 saturated carbocycles. The van der Waals surface area contributed by atoms with E-state index in [0.29, 0.717) is 11.8 Å². The van der Waals surface area contributed by atoms with Crippen LogP contribution in [0.5, 0.6) is 0 Å². The summed E-state index contributed by atoms with van der Waals surface area (Å²) in [6.45, 7) is 0. The zero-order valence-electron chi connectivity index (χ0n) is 7.14. The number of amides is 1. The number of halogens is 1. The van der Waals surface area contributed by atoms with E-state index < -0.39 is 12.0 Å². The molecule has 0 aromatic carbocycles. The minimum atomic E-state index is -0.950. The van der Waals surface area contributed by atoms with E-state index in [2.05, 4.69) is 15.9 Å². The van der Waals surface area contributed by atoms with Crippen LogP contribution < -0.4 is 0 Å². The summed E-state index contributed by atoms with van der Waals surface area (Å²) in [5, 5.41) is 11.4. The Labute approximate surface area is 93.5 Å². The number of carbonyl (C=O) groups excluding carboxylic acids is 1. The van der Waals surface area contributed by atoms with Gasteiger partial charge >= 0.3 is 5.97 Å². The highest BCUT2D eigenvalue weighted by Crippen LogP contribution is 2.39. The number of carboxylic acid groups (broad SMARTS) is 1. The first-order chi connectivity index (χ1) is 6.65. The highest BCUT2D eigenvalue weighted by Gasteiger charge is 2.47. The third-order valence-corrected chi connectivity index (χ3v) is 4.14. The summed E-state index contributed by atoms with van der Waals surface area (Å²) in [7, 11) is 0. The molecule has 2 aliphatic rings. The van der Waals surface area contributed by atoms with Crippen molar-refractivity contribution < 1.29 is 14.7 Å². The van der Waals surface area contributed by atoms with Gasteiger partial charge in [0.15, 0.2) is 6.04 Å². The second kappa shape index (κ2) is 3.58. The van der Waals surface area contributed by atoms with Crippen molar-refractivity contribution in [2.24, 2.45) is 0 Å². The maximum Gasteiger partial charge on any atom is 0.330 e. The van der Waals surface area contributed by atoms with Gasteiger partial charge in [0.25, 0.3) is 0 Å². The van der Waals surface area contributed by atoms with Crippen LogP contribution >= 0.6 is 27.7 Å². The molecule has 76 valence electrons. The molecular weight excluding hydrogens is 270 g/mol. The molecule has 0 aromatic rings. The third-order valence-electron chi connectivity index (χ3n) is 2.34. The summed E-state index contributed by atoms with van der Waals surface area (Å²) in [4.78, 5) is 23.7. The number of β-lactam (4-membered cyclic amide) rings is 1. The molecule has 2 rings (SSSR count). The largest absolute Gasteiger partial charge is 0.479 e. The predicted octanol–water partition coefficient (Wildman–Crippen LogP) is 1.02. The van der Waals surface area contributed by atoms with Gasteiger partial charge in [0, 0.05) is 5.33 Å². The summed E-state index contributed by atoms with van der Waals surface area (Å²) in [5.41, 5.74) is 0.742. The Balaban J connectivity index is 2.29. The summed E-state index contributed by atoms with van der Waals surface area (Å²) >= 11 is 4.75. The molecule has 0 aromatic heterocycles. The lowest BCUT2D eigenvalue weighted by atomic mass is 10.0. The molecule has 2 aliphatic heterocycles. The van der Waals surface area contributed by atoms with Crippen LogP contribution in [0.25, 0.3) is 0 Å². The number of hydrogen-bond donors (Lipinski definition) is 1. The first kappa shape index (κ1) is 10.0. The van der Waals surface area contributed by atoms with Crippen LogP contribution in [0, 0.1) is 0 Å². The van der Waals surface area contributed by atoms with Crippen LogP contribution in [0.4, 0.5) is 0 Å². The lowest BCUT2D eigenvalue weighted by Gasteiger charge is -2.46. The lowest BCUT2D eigenvalue weighted by Crippen LogP contribution is -2.60. The minimum absolute atomic E-state index is 0.0337. The first-order valence-corrected chi connectivity index (χ1v) is 6.16. The minimum Gasteiger partial charge on any atom is -0.479 e. The maximum atomic E-state index is 11.2. The van der Waals surface area contributed by atoms with Crippen molar-refractivity contribution in [3.05, 3.63) is 11.0 Å². The molecule has 1 amide bonds. The highest BCUT2D eigenvalue weighted by atomic mass is 79.9. The van der Waals surface area contributed by atoms with Gasteiger partial charge in [-0.25, -0.2) is 4.79 Å². The topological polar surface area (TPSA) is 57.6 Å². The fraction of sp³-hybridized carbons (Fsp3) is 0.500. The Hall–Kier alpha value is -0.490. The average Bonchev–Trinajstić information content (AvgIpc) is 2.15. The Morgan fingerprint density at radius 3 is 3.00 bits per heavy atom. The Bertz CT molecular complexity index is 331. The van der Waals surface area contributed by atoms with Crippen LogP contribution in [0.15, 0.2) is 11.0 Å². The zero-order valence-corrected chi connectivity index (χ0v) is 9.55. The quantitative estimate of drug-likeness (QED) is 0.605. The summed E-state index contributed by atoms with van der Waals surface area (Å²) < 4.78 is 0. The van der Waals surface area contributed by atoms with Crippen molar-refractivity contribution >= 4 is 39.6 Å². The molecule has 1 saturated heterocycles. The van der Waals surface area contributed by atoms with E-state index in [0.717, 1.165) is 5.57 Å². The Morgan fingerprint density at radius 2 is 2.50 bits per heavy atom. The van der Waals surface area contributed by atoms with E-state index >= 15 is 0 Å². The number of carbonyl (C=O) groups is 2. The number of aliphatic carboxylic acids is 1. The van der Waals surface area contributed by atoms with Gasteiger partial charge in [-0.3, -0.25) is 4.79 Å². The Morgan fingerprint density at radius 1 is 1.79 bits per heavy atom. The maximum absolute atomic E-state index is 11.2. The monoisotopic (exact) mass is 277 g/mol. The highest BCUT2D eigenvalue weighted by molar-refractivity contribution is 9.09. The number of thioether (sulfide) groups is 1. The van der Waals surface area contributed by atoms with Crippen molar-refractivity contribution in [3.63, 3.8) is 0 Å².